The second-order valence-electron chi connectivity index (χ2n) is 8.10. The summed E-state index contributed by atoms with van der Waals surface area (Å²) in [7, 11) is 1.23. The molecule has 0 saturated carbocycles. The molecule has 0 bridgehead atoms. The highest BCUT2D eigenvalue weighted by molar-refractivity contribution is 8.01. The van der Waals surface area contributed by atoms with Crippen molar-refractivity contribution in [1.29, 1.82) is 0 Å². The van der Waals surface area contributed by atoms with Crippen molar-refractivity contribution < 1.29 is 34.1 Å². The maximum Gasteiger partial charge on any atom is 0.332 e. The fourth-order valence-corrected chi connectivity index (χ4v) is 5.48. The molecule has 0 aromatic heterocycles. The molecule has 2 fully saturated rings. The van der Waals surface area contributed by atoms with Gasteiger partial charge in [0, 0.05) is 16.5 Å². The summed E-state index contributed by atoms with van der Waals surface area (Å²) in [4.78, 5) is 50.3. The molecule has 1 aromatic rings. The highest BCUT2D eigenvalue weighted by Crippen LogP contribution is 2.50. The summed E-state index contributed by atoms with van der Waals surface area (Å²) >= 11 is 1.33. The number of nitrogens with one attached hydrogen (secondary N) is 2. The molecule has 4 N–H and O–H groups in total. The third kappa shape index (κ3) is 4.38. The molecule has 2 amide bonds. The van der Waals surface area contributed by atoms with E-state index in [0.717, 1.165) is 0 Å². The van der Waals surface area contributed by atoms with Crippen LogP contribution in [-0.4, -0.2) is 68.2 Å². The monoisotopic (exact) mass is 463 g/mol. The van der Waals surface area contributed by atoms with E-state index in [2.05, 4.69) is 15.4 Å². The van der Waals surface area contributed by atoms with Gasteiger partial charge in [-0.2, -0.15) is 0 Å². The molecule has 32 heavy (non-hydrogen) atoms. The quantitative estimate of drug-likeness (QED) is 0.261. The van der Waals surface area contributed by atoms with Crippen LogP contribution >= 0.6 is 11.8 Å². The lowest BCUT2D eigenvalue weighted by molar-refractivity contribution is -0.161. The Balaban J connectivity index is 1.81. The van der Waals surface area contributed by atoms with Crippen LogP contribution in [0.25, 0.3) is 0 Å². The smallest absolute Gasteiger partial charge is 0.332 e. The fourth-order valence-electron chi connectivity index (χ4n) is 3.85. The number of carbonyl (C=O) groups excluding carboxylic acids is 3. The minimum absolute atomic E-state index is 0.0174. The molecule has 0 radical (unpaired) electrons. The van der Waals surface area contributed by atoms with E-state index in [9.17, 15) is 29.4 Å². The summed E-state index contributed by atoms with van der Waals surface area (Å²) in [6, 6.07) is 3.09. The van der Waals surface area contributed by atoms with Crippen molar-refractivity contribution in [3.05, 3.63) is 41.6 Å². The normalized spacial score (nSPS) is 24.8. The van der Waals surface area contributed by atoms with Crippen LogP contribution in [0.4, 0.5) is 0 Å². The van der Waals surface area contributed by atoms with Crippen molar-refractivity contribution in [2.24, 2.45) is 0 Å². The number of aliphatic carboxylic acids is 1. The van der Waals surface area contributed by atoms with E-state index in [1.165, 1.54) is 42.0 Å². The van der Waals surface area contributed by atoms with Crippen molar-refractivity contribution >= 4 is 35.5 Å². The molecule has 2 aliphatic rings. The number of fused-ring (bicyclic) bond motifs is 1. The van der Waals surface area contributed by atoms with Crippen molar-refractivity contribution in [2.45, 2.75) is 49.0 Å². The van der Waals surface area contributed by atoms with Crippen LogP contribution < -0.4 is 10.6 Å². The van der Waals surface area contributed by atoms with Crippen molar-refractivity contribution in [3.8, 4) is 5.75 Å². The van der Waals surface area contributed by atoms with Gasteiger partial charge in [-0.15, -0.1) is 11.8 Å². The van der Waals surface area contributed by atoms with Gasteiger partial charge in [-0.3, -0.25) is 9.59 Å². The summed E-state index contributed by atoms with van der Waals surface area (Å²) in [6.45, 7) is 5.09. The first kappa shape index (κ1) is 23.5. The molecule has 172 valence electrons. The number of β-lactam (4-membered cyclic amide) rings is 1. The van der Waals surface area contributed by atoms with Crippen molar-refractivity contribution in [3.63, 3.8) is 0 Å². The average molecular weight is 464 g/mol. The van der Waals surface area contributed by atoms with Gasteiger partial charge in [0.1, 0.15) is 29.2 Å². The summed E-state index contributed by atoms with van der Waals surface area (Å²) in [5.74, 6) is -2.67. The van der Waals surface area contributed by atoms with E-state index in [1.807, 2.05) is 0 Å². The number of amides is 2. The lowest BCUT2D eigenvalue weighted by Gasteiger charge is -2.44. The molecule has 0 spiro atoms. The number of allylic oxidation sites excluding steroid dienone is 1. The number of hydrogen-bond acceptors (Lipinski definition) is 8. The largest absolute Gasteiger partial charge is 0.508 e. The van der Waals surface area contributed by atoms with Crippen LogP contribution in [-0.2, 0) is 23.9 Å². The molecule has 4 atom stereocenters. The van der Waals surface area contributed by atoms with E-state index in [-0.39, 0.29) is 5.75 Å². The molecule has 10 nitrogen and oxygen atoms in total. The minimum Gasteiger partial charge on any atom is -0.508 e. The van der Waals surface area contributed by atoms with Gasteiger partial charge in [0.05, 0.1) is 7.11 Å². The number of carboxylic acids is 1. The van der Waals surface area contributed by atoms with E-state index in [1.54, 1.807) is 32.9 Å². The molecule has 11 heteroatoms. The van der Waals surface area contributed by atoms with Gasteiger partial charge in [0.2, 0.25) is 11.8 Å². The number of ether oxygens (including phenoxy) is 1. The lowest BCUT2D eigenvalue weighted by Crippen LogP contribution is -2.71. The van der Waals surface area contributed by atoms with Crippen LogP contribution in [0.3, 0.4) is 0 Å². The van der Waals surface area contributed by atoms with E-state index >= 15 is 0 Å². The predicted molar refractivity (Wildman–Crippen MR) is 115 cm³/mol. The Morgan fingerprint density at radius 3 is 2.44 bits per heavy atom. The van der Waals surface area contributed by atoms with Crippen LogP contribution in [0, 0.1) is 0 Å². The number of rotatable bonds is 7. The molecule has 1 aromatic carbocycles. The van der Waals surface area contributed by atoms with Crippen molar-refractivity contribution in [1.82, 2.24) is 15.5 Å². The first-order valence-corrected chi connectivity index (χ1v) is 10.7. The second-order valence-corrected chi connectivity index (χ2v) is 9.87. The third-order valence-electron chi connectivity index (χ3n) is 5.37. The number of phenolic OH excluding ortho intramolecular Hbond substituents is 1. The number of methoxy groups -OCH3 is 1. The molecule has 2 saturated heterocycles. The van der Waals surface area contributed by atoms with E-state index in [0.29, 0.717) is 11.3 Å². The maximum atomic E-state index is 13.2. The Hall–Kier alpha value is -3.21. The highest BCUT2D eigenvalue weighted by atomic mass is 32.2. The molecule has 0 unspecified atom stereocenters. The standard InChI is InChI=1S/C21H25N3O7S/c1-10(9-13(26)31-4)22-14(11-5-7-12(25)8-6-11)17(27)23-15-18(28)24-16(20(29)30)21(2,3)32-19(15)24/h5-9,14-16,19,22,25H,1-4H3,(H,23,27)(H,29,30)/b10-9+/t14-,15-,16+,19-/m1/s1. The number of aromatic hydroxyl groups is 1. The van der Waals surface area contributed by atoms with Crippen LogP contribution in [0.15, 0.2) is 36.0 Å². The summed E-state index contributed by atoms with van der Waals surface area (Å²) in [5, 5.41) is 24.3. The zero-order valence-electron chi connectivity index (χ0n) is 18.0. The van der Waals surface area contributed by atoms with Gasteiger partial charge < -0.3 is 30.5 Å². The zero-order chi connectivity index (χ0) is 23.8. The topological polar surface area (TPSA) is 145 Å². The maximum absolute atomic E-state index is 13.2. The van der Waals surface area contributed by atoms with Gasteiger partial charge >= 0.3 is 11.9 Å². The number of benzene rings is 1. The van der Waals surface area contributed by atoms with Gasteiger partial charge in [0.25, 0.3) is 0 Å². The third-order valence-corrected chi connectivity index (χ3v) is 6.94. The summed E-state index contributed by atoms with van der Waals surface area (Å²) < 4.78 is 3.89. The fraction of sp³-hybridized carbons (Fsp3) is 0.429. The molecular formula is C21H25N3O7S. The Morgan fingerprint density at radius 2 is 1.88 bits per heavy atom. The molecule has 2 heterocycles. The van der Waals surface area contributed by atoms with Crippen LogP contribution in [0.1, 0.15) is 32.4 Å². The average Bonchev–Trinajstić information content (AvgIpc) is 2.98. The minimum atomic E-state index is -1.09. The number of thioether (sulfide) groups is 1. The van der Waals surface area contributed by atoms with E-state index in [4.69, 9.17) is 0 Å². The number of phenols is 1. The number of esters is 1. The highest BCUT2D eigenvalue weighted by Gasteiger charge is 2.64. The molecule has 0 aliphatic carbocycles. The number of hydrogen-bond donors (Lipinski definition) is 4. The van der Waals surface area contributed by atoms with E-state index < -0.39 is 52.0 Å². The Bertz CT molecular complexity index is 976. The zero-order valence-corrected chi connectivity index (χ0v) is 18.8. The van der Waals surface area contributed by atoms with Crippen LogP contribution in [0.2, 0.25) is 0 Å². The Labute approximate surface area is 189 Å². The molecule has 3 rings (SSSR count). The number of carbonyl (C=O) groups is 4. The Kier molecular flexibility index (Phi) is 6.40. The molecule has 2 aliphatic heterocycles. The number of nitrogens with zero attached hydrogens (tertiary/aromatic N) is 1. The summed E-state index contributed by atoms with van der Waals surface area (Å²) in [5.41, 5.74) is 0.846. The van der Waals surface area contributed by atoms with Crippen molar-refractivity contribution in [2.75, 3.05) is 7.11 Å². The lowest BCUT2D eigenvalue weighted by atomic mass is 9.95. The van der Waals surface area contributed by atoms with Gasteiger partial charge in [-0.05, 0) is 38.5 Å². The van der Waals surface area contributed by atoms with Gasteiger partial charge in [0.15, 0.2) is 0 Å². The number of carboxylic acid groups (broad SMARTS) is 1. The first-order valence-electron chi connectivity index (χ1n) is 9.81. The Morgan fingerprint density at radius 1 is 1.25 bits per heavy atom. The summed E-state index contributed by atoms with van der Waals surface area (Å²) in [6.07, 6.45) is 1.18. The van der Waals surface area contributed by atoms with Crippen LogP contribution in [0.5, 0.6) is 5.75 Å². The van der Waals surface area contributed by atoms with Gasteiger partial charge in [-0.25, -0.2) is 9.59 Å². The predicted octanol–water partition coefficient (Wildman–Crippen LogP) is 0.731. The second kappa shape index (κ2) is 8.73. The SMILES string of the molecule is COC(=O)/C=C(\C)N[C@@H](C(=O)N[C@@H]1C(=O)N2[C@@H]1SC(C)(C)[C@@H]2C(=O)O)c1ccc(O)cc1. The molecular weight excluding hydrogens is 438 g/mol. The van der Waals surface area contributed by atoms with Gasteiger partial charge in [-0.1, -0.05) is 12.1 Å². The first-order chi connectivity index (χ1) is 15.0.